The highest BCUT2D eigenvalue weighted by Crippen LogP contribution is 2.16. The lowest BCUT2D eigenvalue weighted by molar-refractivity contribution is 0.0683. The van der Waals surface area contributed by atoms with Gasteiger partial charge in [-0.3, -0.25) is 0 Å². The molecule has 1 heterocycles. The first-order valence-corrected chi connectivity index (χ1v) is 6.45. The van der Waals surface area contributed by atoms with Crippen LogP contribution in [0.1, 0.15) is 42.8 Å². The maximum Gasteiger partial charge on any atom is 0.231 e. The fourth-order valence-electron chi connectivity index (χ4n) is 1.92. The lowest BCUT2D eigenvalue weighted by Gasteiger charge is -2.05. The average Bonchev–Trinajstić information content (AvgIpc) is 2.88. The molecule has 0 radical (unpaired) electrons. The zero-order chi connectivity index (χ0) is 13.7. The molecule has 0 amide bonds. The van der Waals surface area contributed by atoms with Gasteiger partial charge in [0.1, 0.15) is 6.10 Å². The second-order valence-corrected chi connectivity index (χ2v) is 4.29. The molecule has 0 aliphatic rings. The maximum atomic E-state index is 5.71. The van der Waals surface area contributed by atoms with E-state index < -0.39 is 0 Å². The van der Waals surface area contributed by atoms with Gasteiger partial charge in [0.05, 0.1) is 6.42 Å². The van der Waals surface area contributed by atoms with E-state index in [-0.39, 0.29) is 6.10 Å². The minimum Gasteiger partial charge on any atom is -0.371 e. The highest BCUT2D eigenvalue weighted by atomic mass is 16.5. The normalized spacial score (nSPS) is 12.6. The molecule has 2 N–H and O–H groups in total. The summed E-state index contributed by atoms with van der Waals surface area (Å²) in [4.78, 5) is 4.36. The summed E-state index contributed by atoms with van der Waals surface area (Å²) in [5.74, 6) is 1.17. The summed E-state index contributed by atoms with van der Waals surface area (Å²) < 4.78 is 10.7. The van der Waals surface area contributed by atoms with Crippen LogP contribution in [0.25, 0.3) is 0 Å². The first-order valence-electron chi connectivity index (χ1n) is 6.45. The number of ether oxygens (including phenoxy) is 1. The quantitative estimate of drug-likeness (QED) is 0.863. The molecule has 0 saturated carbocycles. The van der Waals surface area contributed by atoms with Gasteiger partial charge in [-0.25, -0.2) is 0 Å². The Hall–Kier alpha value is -1.72. The maximum absolute atomic E-state index is 5.71. The van der Waals surface area contributed by atoms with Crippen molar-refractivity contribution in [3.63, 3.8) is 0 Å². The molecule has 19 heavy (non-hydrogen) atoms. The smallest absolute Gasteiger partial charge is 0.231 e. The summed E-state index contributed by atoms with van der Waals surface area (Å²) in [5.41, 5.74) is 7.92. The Labute approximate surface area is 112 Å². The van der Waals surface area contributed by atoms with Gasteiger partial charge in [0.2, 0.25) is 5.89 Å². The second-order valence-electron chi connectivity index (χ2n) is 4.29. The lowest BCUT2D eigenvalue weighted by atomic mass is 10.0. The standard InChI is InChI=1S/C14H19N3O2/c1-3-18-10(2)14-16-13(19-17-14)8-11-6-4-5-7-12(11)9-15/h4-7,10H,3,8-9,15H2,1-2H3. The lowest BCUT2D eigenvalue weighted by Crippen LogP contribution is -2.03. The predicted molar refractivity (Wildman–Crippen MR) is 71.5 cm³/mol. The molecule has 2 rings (SSSR count). The predicted octanol–water partition coefficient (Wildman–Crippen LogP) is 2.22. The third-order valence-electron chi connectivity index (χ3n) is 2.94. The van der Waals surface area contributed by atoms with Crippen molar-refractivity contribution in [2.75, 3.05) is 6.61 Å². The minimum atomic E-state index is -0.146. The molecule has 1 unspecified atom stereocenters. The van der Waals surface area contributed by atoms with Crippen LogP contribution in [0, 0.1) is 0 Å². The molecule has 0 spiro atoms. The molecule has 1 atom stereocenters. The number of benzene rings is 1. The van der Waals surface area contributed by atoms with Gasteiger partial charge in [-0.1, -0.05) is 29.4 Å². The topological polar surface area (TPSA) is 74.2 Å². The SMILES string of the molecule is CCOC(C)c1noc(Cc2ccccc2CN)n1. The number of rotatable bonds is 6. The van der Waals surface area contributed by atoms with E-state index >= 15 is 0 Å². The molecular weight excluding hydrogens is 242 g/mol. The van der Waals surface area contributed by atoms with Crippen LogP contribution in [-0.4, -0.2) is 16.7 Å². The molecule has 1 aromatic heterocycles. The Morgan fingerprint density at radius 2 is 2.05 bits per heavy atom. The number of nitrogens with two attached hydrogens (primary N) is 1. The highest BCUT2D eigenvalue weighted by Gasteiger charge is 2.14. The van der Waals surface area contributed by atoms with Gasteiger partial charge in [-0.15, -0.1) is 0 Å². The van der Waals surface area contributed by atoms with E-state index in [0.717, 1.165) is 11.1 Å². The monoisotopic (exact) mass is 261 g/mol. The second kappa shape index (κ2) is 6.45. The molecule has 102 valence electrons. The van der Waals surface area contributed by atoms with Crippen molar-refractivity contribution in [3.8, 4) is 0 Å². The summed E-state index contributed by atoms with van der Waals surface area (Å²) in [6, 6.07) is 7.99. The zero-order valence-electron chi connectivity index (χ0n) is 11.3. The van der Waals surface area contributed by atoms with Crippen molar-refractivity contribution < 1.29 is 9.26 Å². The van der Waals surface area contributed by atoms with Crippen LogP contribution in [0.5, 0.6) is 0 Å². The fraction of sp³-hybridized carbons (Fsp3) is 0.429. The van der Waals surface area contributed by atoms with E-state index in [0.29, 0.717) is 31.3 Å². The van der Waals surface area contributed by atoms with Crippen molar-refractivity contribution >= 4 is 0 Å². The van der Waals surface area contributed by atoms with Gasteiger partial charge >= 0.3 is 0 Å². The van der Waals surface area contributed by atoms with Crippen molar-refractivity contribution in [2.45, 2.75) is 32.9 Å². The van der Waals surface area contributed by atoms with Crippen molar-refractivity contribution in [3.05, 3.63) is 47.1 Å². The van der Waals surface area contributed by atoms with Crippen LogP contribution >= 0.6 is 0 Å². The van der Waals surface area contributed by atoms with E-state index in [2.05, 4.69) is 10.1 Å². The van der Waals surface area contributed by atoms with Crippen molar-refractivity contribution in [1.82, 2.24) is 10.1 Å². The summed E-state index contributed by atoms with van der Waals surface area (Å²) in [6.07, 6.45) is 0.450. The third-order valence-corrected chi connectivity index (χ3v) is 2.94. The van der Waals surface area contributed by atoms with Gasteiger partial charge in [0.25, 0.3) is 0 Å². The largest absolute Gasteiger partial charge is 0.371 e. The van der Waals surface area contributed by atoms with Crippen LogP contribution < -0.4 is 5.73 Å². The first-order chi connectivity index (χ1) is 9.24. The van der Waals surface area contributed by atoms with Crippen LogP contribution in [0.2, 0.25) is 0 Å². The molecule has 5 nitrogen and oxygen atoms in total. The van der Waals surface area contributed by atoms with Gasteiger partial charge < -0.3 is 15.0 Å². The van der Waals surface area contributed by atoms with E-state index in [9.17, 15) is 0 Å². The summed E-state index contributed by atoms with van der Waals surface area (Å²) in [7, 11) is 0. The van der Waals surface area contributed by atoms with E-state index in [4.69, 9.17) is 15.0 Å². The van der Waals surface area contributed by atoms with Crippen molar-refractivity contribution in [1.29, 1.82) is 0 Å². The van der Waals surface area contributed by atoms with Gasteiger partial charge in [0.15, 0.2) is 5.82 Å². The van der Waals surface area contributed by atoms with Gasteiger partial charge in [0, 0.05) is 13.2 Å². The number of hydrogen-bond donors (Lipinski definition) is 1. The highest BCUT2D eigenvalue weighted by molar-refractivity contribution is 5.29. The molecule has 0 aliphatic heterocycles. The van der Waals surface area contributed by atoms with E-state index in [1.165, 1.54) is 0 Å². The number of hydrogen-bond acceptors (Lipinski definition) is 5. The summed E-state index contributed by atoms with van der Waals surface area (Å²) in [6.45, 7) is 4.98. The van der Waals surface area contributed by atoms with Crippen LogP contribution in [0.15, 0.2) is 28.8 Å². The van der Waals surface area contributed by atoms with Crippen molar-refractivity contribution in [2.24, 2.45) is 5.73 Å². The third kappa shape index (κ3) is 3.39. The summed E-state index contributed by atoms with van der Waals surface area (Å²) >= 11 is 0. The zero-order valence-corrected chi connectivity index (χ0v) is 11.3. The molecular formula is C14H19N3O2. The van der Waals surface area contributed by atoms with Gasteiger partial charge in [-0.05, 0) is 25.0 Å². The van der Waals surface area contributed by atoms with E-state index in [1.807, 2.05) is 38.1 Å². The Bertz CT molecular complexity index is 525. The molecule has 2 aromatic rings. The number of nitrogens with zero attached hydrogens (tertiary/aromatic N) is 2. The summed E-state index contributed by atoms with van der Waals surface area (Å²) in [5, 5.41) is 3.94. The molecule has 5 heteroatoms. The fourth-order valence-corrected chi connectivity index (χ4v) is 1.92. The molecule has 0 fully saturated rings. The van der Waals surface area contributed by atoms with Gasteiger partial charge in [-0.2, -0.15) is 4.98 Å². The minimum absolute atomic E-state index is 0.146. The van der Waals surface area contributed by atoms with Crippen LogP contribution in [0.3, 0.4) is 0 Å². The van der Waals surface area contributed by atoms with E-state index in [1.54, 1.807) is 0 Å². The van der Waals surface area contributed by atoms with Crippen LogP contribution in [0.4, 0.5) is 0 Å². The molecule has 0 bridgehead atoms. The Morgan fingerprint density at radius 3 is 2.74 bits per heavy atom. The Morgan fingerprint density at radius 1 is 1.32 bits per heavy atom. The first kappa shape index (κ1) is 13.7. The Kier molecular flexibility index (Phi) is 4.65. The molecule has 0 aliphatic carbocycles. The Balaban J connectivity index is 2.11. The number of aromatic nitrogens is 2. The molecule has 0 saturated heterocycles. The average molecular weight is 261 g/mol. The molecule has 1 aromatic carbocycles. The van der Waals surface area contributed by atoms with Crippen LogP contribution in [-0.2, 0) is 17.7 Å².